The number of hydrogen-bond donors (Lipinski definition) is 2. The van der Waals surface area contributed by atoms with Crippen molar-refractivity contribution in [3.63, 3.8) is 0 Å². The lowest BCUT2D eigenvalue weighted by Gasteiger charge is -2.25. The molecule has 0 fully saturated rings. The predicted molar refractivity (Wildman–Crippen MR) is 104 cm³/mol. The molecule has 6 heteroatoms. The summed E-state index contributed by atoms with van der Waals surface area (Å²) in [7, 11) is 1.68. The highest BCUT2D eigenvalue weighted by Crippen LogP contribution is 2.24. The Kier molecular flexibility index (Phi) is 7.11. The molecule has 2 rings (SSSR count). The van der Waals surface area contributed by atoms with Crippen LogP contribution in [0.3, 0.4) is 0 Å². The molecule has 0 aliphatic rings. The number of nitrogens with zero attached hydrogens (tertiary/aromatic N) is 1. The second kappa shape index (κ2) is 9.52. The van der Waals surface area contributed by atoms with Gasteiger partial charge in [-0.15, -0.1) is 0 Å². The van der Waals surface area contributed by atoms with Crippen molar-refractivity contribution in [2.24, 2.45) is 5.73 Å². The summed E-state index contributed by atoms with van der Waals surface area (Å²) in [5.41, 5.74) is 8.29. The van der Waals surface area contributed by atoms with Gasteiger partial charge in [-0.3, -0.25) is 14.4 Å². The summed E-state index contributed by atoms with van der Waals surface area (Å²) >= 11 is 0. The standard InChI is InChI=1S/C21H25N3O3/c1-15(25)23-19(12-13-20(22)26)21(27)24(2)14-17-10-6-7-11-18(17)16-8-4-3-5-9-16/h3-11,19H,12-14H2,1-2H3,(H2,22,26)(H,23,25). The highest BCUT2D eigenvalue weighted by atomic mass is 16.2. The highest BCUT2D eigenvalue weighted by molar-refractivity contribution is 5.87. The molecule has 27 heavy (non-hydrogen) atoms. The van der Waals surface area contributed by atoms with Crippen LogP contribution in [-0.4, -0.2) is 35.7 Å². The summed E-state index contributed by atoms with van der Waals surface area (Å²) in [5.74, 6) is -1.08. The molecule has 6 nitrogen and oxygen atoms in total. The molecule has 0 aliphatic heterocycles. The second-order valence-electron chi connectivity index (χ2n) is 6.48. The molecule has 2 aromatic carbocycles. The number of carbonyl (C=O) groups is 3. The zero-order valence-corrected chi connectivity index (χ0v) is 15.6. The molecule has 1 unspecified atom stereocenters. The van der Waals surface area contributed by atoms with E-state index in [0.717, 1.165) is 16.7 Å². The summed E-state index contributed by atoms with van der Waals surface area (Å²) < 4.78 is 0. The summed E-state index contributed by atoms with van der Waals surface area (Å²) in [5, 5.41) is 2.61. The van der Waals surface area contributed by atoms with Crippen molar-refractivity contribution in [3.8, 4) is 11.1 Å². The maximum absolute atomic E-state index is 12.8. The average molecular weight is 367 g/mol. The first-order valence-corrected chi connectivity index (χ1v) is 8.82. The van der Waals surface area contributed by atoms with Gasteiger partial charge in [0, 0.05) is 26.9 Å². The van der Waals surface area contributed by atoms with E-state index in [1.807, 2.05) is 54.6 Å². The van der Waals surface area contributed by atoms with Gasteiger partial charge in [0.15, 0.2) is 0 Å². The molecule has 0 saturated heterocycles. The quantitative estimate of drug-likeness (QED) is 0.748. The normalized spacial score (nSPS) is 11.5. The maximum atomic E-state index is 12.8. The molecule has 0 saturated carbocycles. The van der Waals surface area contributed by atoms with Crippen molar-refractivity contribution in [2.75, 3.05) is 7.05 Å². The van der Waals surface area contributed by atoms with E-state index in [9.17, 15) is 14.4 Å². The molecule has 0 heterocycles. The molecular weight excluding hydrogens is 342 g/mol. The highest BCUT2D eigenvalue weighted by Gasteiger charge is 2.24. The van der Waals surface area contributed by atoms with Crippen molar-refractivity contribution in [2.45, 2.75) is 32.4 Å². The fourth-order valence-corrected chi connectivity index (χ4v) is 2.95. The van der Waals surface area contributed by atoms with Gasteiger partial charge in [-0.25, -0.2) is 0 Å². The van der Waals surface area contributed by atoms with Crippen LogP contribution in [0.25, 0.3) is 11.1 Å². The molecule has 2 aromatic rings. The molecular formula is C21H25N3O3. The molecule has 3 amide bonds. The van der Waals surface area contributed by atoms with E-state index < -0.39 is 11.9 Å². The zero-order chi connectivity index (χ0) is 19.8. The Bertz CT molecular complexity index is 805. The maximum Gasteiger partial charge on any atom is 0.245 e. The molecule has 0 radical (unpaired) electrons. The summed E-state index contributed by atoms with van der Waals surface area (Å²) in [6.45, 7) is 1.73. The van der Waals surface area contributed by atoms with Gasteiger partial charge >= 0.3 is 0 Å². The molecule has 0 bridgehead atoms. The first-order chi connectivity index (χ1) is 12.9. The number of amides is 3. The topological polar surface area (TPSA) is 92.5 Å². The van der Waals surface area contributed by atoms with Gasteiger partial charge in [-0.05, 0) is 23.1 Å². The van der Waals surface area contributed by atoms with Gasteiger partial charge in [0.1, 0.15) is 6.04 Å². The Hall–Kier alpha value is -3.15. The smallest absolute Gasteiger partial charge is 0.245 e. The lowest BCUT2D eigenvalue weighted by Crippen LogP contribution is -2.46. The van der Waals surface area contributed by atoms with E-state index >= 15 is 0 Å². The Morgan fingerprint density at radius 3 is 2.30 bits per heavy atom. The lowest BCUT2D eigenvalue weighted by atomic mass is 9.99. The van der Waals surface area contributed by atoms with Gasteiger partial charge < -0.3 is 16.0 Å². The van der Waals surface area contributed by atoms with Crippen LogP contribution in [0.1, 0.15) is 25.3 Å². The van der Waals surface area contributed by atoms with Gasteiger partial charge in [-0.1, -0.05) is 54.6 Å². The van der Waals surface area contributed by atoms with Crippen molar-refractivity contribution >= 4 is 17.7 Å². The van der Waals surface area contributed by atoms with E-state index in [-0.39, 0.29) is 24.7 Å². The van der Waals surface area contributed by atoms with Crippen LogP contribution in [0, 0.1) is 0 Å². The van der Waals surface area contributed by atoms with E-state index in [1.165, 1.54) is 6.92 Å². The zero-order valence-electron chi connectivity index (χ0n) is 15.6. The average Bonchev–Trinajstić information content (AvgIpc) is 2.65. The Morgan fingerprint density at radius 1 is 1.04 bits per heavy atom. The largest absolute Gasteiger partial charge is 0.370 e. The number of likely N-dealkylation sites (N-methyl/N-ethyl adjacent to an activating group) is 1. The van der Waals surface area contributed by atoms with E-state index in [0.29, 0.717) is 6.54 Å². The fraction of sp³-hybridized carbons (Fsp3) is 0.286. The van der Waals surface area contributed by atoms with Gasteiger partial charge in [0.25, 0.3) is 0 Å². The molecule has 3 N–H and O–H groups in total. The third-order valence-electron chi connectivity index (χ3n) is 4.24. The Labute approximate surface area is 159 Å². The fourth-order valence-electron chi connectivity index (χ4n) is 2.95. The first-order valence-electron chi connectivity index (χ1n) is 8.82. The Balaban J connectivity index is 2.17. The van der Waals surface area contributed by atoms with Crippen LogP contribution < -0.4 is 11.1 Å². The van der Waals surface area contributed by atoms with E-state index in [1.54, 1.807) is 11.9 Å². The minimum absolute atomic E-state index is 0.0329. The minimum atomic E-state index is -0.774. The van der Waals surface area contributed by atoms with Crippen LogP contribution in [0.5, 0.6) is 0 Å². The molecule has 0 aliphatic carbocycles. The van der Waals surface area contributed by atoms with Gasteiger partial charge in [0.05, 0.1) is 0 Å². The number of nitrogens with two attached hydrogens (primary N) is 1. The first kappa shape index (κ1) is 20.2. The van der Waals surface area contributed by atoms with Gasteiger partial charge in [0.2, 0.25) is 17.7 Å². The monoisotopic (exact) mass is 367 g/mol. The van der Waals surface area contributed by atoms with Crippen molar-refractivity contribution in [1.29, 1.82) is 0 Å². The lowest BCUT2D eigenvalue weighted by molar-refractivity contribution is -0.135. The van der Waals surface area contributed by atoms with E-state index in [4.69, 9.17) is 5.73 Å². The minimum Gasteiger partial charge on any atom is -0.370 e. The molecule has 1 atom stereocenters. The molecule has 142 valence electrons. The second-order valence-corrected chi connectivity index (χ2v) is 6.48. The number of nitrogens with one attached hydrogen (secondary N) is 1. The van der Waals surface area contributed by atoms with E-state index in [2.05, 4.69) is 5.32 Å². The number of primary amides is 1. The summed E-state index contributed by atoms with van der Waals surface area (Å²) in [4.78, 5) is 36.8. The van der Waals surface area contributed by atoms with Crippen LogP contribution in [0.4, 0.5) is 0 Å². The summed E-state index contributed by atoms with van der Waals surface area (Å²) in [6.07, 6.45) is 0.212. The van der Waals surface area contributed by atoms with Gasteiger partial charge in [-0.2, -0.15) is 0 Å². The molecule has 0 aromatic heterocycles. The Morgan fingerprint density at radius 2 is 1.67 bits per heavy atom. The van der Waals surface area contributed by atoms with Crippen molar-refractivity contribution in [3.05, 3.63) is 60.2 Å². The number of carbonyl (C=O) groups excluding carboxylic acids is 3. The van der Waals surface area contributed by atoms with Crippen LogP contribution in [-0.2, 0) is 20.9 Å². The third-order valence-corrected chi connectivity index (χ3v) is 4.24. The third kappa shape index (κ3) is 5.95. The molecule has 0 spiro atoms. The van der Waals surface area contributed by atoms with Crippen LogP contribution in [0.15, 0.2) is 54.6 Å². The summed E-state index contributed by atoms with van der Waals surface area (Å²) in [6, 6.07) is 17.0. The van der Waals surface area contributed by atoms with Crippen LogP contribution in [0.2, 0.25) is 0 Å². The van der Waals surface area contributed by atoms with Crippen LogP contribution >= 0.6 is 0 Å². The predicted octanol–water partition coefficient (Wildman–Crippen LogP) is 2.08. The SMILES string of the molecule is CC(=O)NC(CCC(N)=O)C(=O)N(C)Cc1ccccc1-c1ccccc1. The number of benzene rings is 2. The van der Waals surface area contributed by atoms with Crippen molar-refractivity contribution < 1.29 is 14.4 Å². The number of rotatable bonds is 8. The number of hydrogen-bond acceptors (Lipinski definition) is 3. The van der Waals surface area contributed by atoms with Crippen molar-refractivity contribution in [1.82, 2.24) is 10.2 Å².